The highest BCUT2D eigenvalue weighted by Crippen LogP contribution is 2.33. The summed E-state index contributed by atoms with van der Waals surface area (Å²) in [5.41, 5.74) is 14.3. The first-order valence-electron chi connectivity index (χ1n) is 26.4. The van der Waals surface area contributed by atoms with Crippen LogP contribution in [0.4, 0.5) is 0 Å². The fraction of sp³-hybridized carbons (Fsp3) is 0.536. The minimum Gasteiger partial charge on any atom is -0.508 e. The zero-order chi connectivity index (χ0) is 54.7. The van der Waals surface area contributed by atoms with Gasteiger partial charge in [-0.2, -0.15) is 0 Å². The second kappa shape index (κ2) is 32.6. The van der Waals surface area contributed by atoms with Gasteiger partial charge in [-0.15, -0.1) is 0 Å². The summed E-state index contributed by atoms with van der Waals surface area (Å²) in [5.74, 6) is -1.40. The fourth-order valence-corrected chi connectivity index (χ4v) is 8.43. The summed E-state index contributed by atoms with van der Waals surface area (Å²) in [5, 5.41) is 28.8. The Balaban J connectivity index is 0.000000287. The number of aromatic hydroxyl groups is 2. The lowest BCUT2D eigenvalue weighted by Crippen LogP contribution is -2.37. The summed E-state index contributed by atoms with van der Waals surface area (Å²) in [6.07, 6.45) is 22.4. The number of rotatable bonds is 14. The summed E-state index contributed by atoms with van der Waals surface area (Å²) >= 11 is 0. The molecule has 6 rings (SSSR count). The number of allylic oxidation sites excluding steroid dienone is 2. The van der Waals surface area contributed by atoms with E-state index in [4.69, 9.17) is 49.6 Å². The number of amides is 2. The molecule has 6 N–H and O–H groups in total. The zero-order valence-corrected chi connectivity index (χ0v) is 44.5. The number of carbonyl (C=O) groups excluding carboxylic acids is 4. The number of fused-ring (bicyclic) bond motifs is 2. The molecule has 0 aromatic heterocycles. The number of hydrogen-bond donors (Lipinski definition) is 4. The van der Waals surface area contributed by atoms with Gasteiger partial charge in [0.25, 0.3) is 11.8 Å². The van der Waals surface area contributed by atoms with Crippen LogP contribution in [0.1, 0.15) is 124 Å². The van der Waals surface area contributed by atoms with E-state index >= 15 is 0 Å². The molecule has 76 heavy (non-hydrogen) atoms. The van der Waals surface area contributed by atoms with E-state index in [-0.39, 0.29) is 91.9 Å². The lowest BCUT2D eigenvalue weighted by atomic mass is 9.99. The lowest BCUT2D eigenvalue weighted by molar-refractivity contribution is -0.137. The topological polar surface area (TPSA) is 266 Å². The number of nitrogens with two attached hydrogens (primary N) is 2. The van der Waals surface area contributed by atoms with Crippen molar-refractivity contribution >= 4 is 35.2 Å². The second-order valence-corrected chi connectivity index (χ2v) is 18.8. The Morgan fingerprint density at radius 3 is 1.61 bits per heavy atom. The Morgan fingerprint density at radius 2 is 1.11 bits per heavy atom. The number of cyclic esters (lactones) is 2. The van der Waals surface area contributed by atoms with Crippen LogP contribution in [0.2, 0.25) is 0 Å². The minimum absolute atomic E-state index is 0.0223. The highest BCUT2D eigenvalue weighted by atomic mass is 16.7. The minimum atomic E-state index is -0.709. The molecule has 4 aliphatic rings. The van der Waals surface area contributed by atoms with E-state index in [1.807, 2.05) is 57.2 Å². The van der Waals surface area contributed by atoms with Gasteiger partial charge in [-0.25, -0.2) is 9.59 Å². The van der Waals surface area contributed by atoms with Gasteiger partial charge < -0.3 is 69.6 Å². The summed E-state index contributed by atoms with van der Waals surface area (Å²) in [6.45, 7) is 10.7. The first kappa shape index (κ1) is 60.1. The number of oxime groups is 2. The van der Waals surface area contributed by atoms with Crippen LogP contribution in [-0.4, -0.2) is 146 Å². The highest BCUT2D eigenvalue weighted by Gasteiger charge is 2.26. The lowest BCUT2D eigenvalue weighted by Gasteiger charge is -2.26. The average molecular weight is 1060 g/mol. The van der Waals surface area contributed by atoms with Gasteiger partial charge in [0.05, 0.1) is 11.4 Å². The predicted octanol–water partition coefficient (Wildman–Crippen LogP) is 6.94. The number of phenolic OH excluding ortho intramolecular Hbond substituents is 2. The number of benzene rings is 2. The van der Waals surface area contributed by atoms with E-state index in [1.165, 1.54) is 6.07 Å². The van der Waals surface area contributed by atoms with Crippen molar-refractivity contribution in [3.05, 3.63) is 95.1 Å². The van der Waals surface area contributed by atoms with Crippen LogP contribution in [-0.2, 0) is 51.1 Å². The van der Waals surface area contributed by atoms with Crippen LogP contribution < -0.4 is 20.9 Å². The number of phenols is 2. The molecule has 20 heteroatoms. The molecule has 20 nitrogen and oxygen atoms in total. The van der Waals surface area contributed by atoms with E-state index in [2.05, 4.69) is 10.3 Å². The molecule has 4 aliphatic heterocycles. The molecule has 2 aromatic rings. The first-order chi connectivity index (χ1) is 36.7. The van der Waals surface area contributed by atoms with Gasteiger partial charge in [0, 0.05) is 89.3 Å². The largest absolute Gasteiger partial charge is 0.508 e. The van der Waals surface area contributed by atoms with Crippen LogP contribution in [0, 0.1) is 0 Å². The molecule has 0 bridgehead atoms. The molecule has 0 aliphatic carbocycles. The molecule has 0 saturated carbocycles. The predicted molar refractivity (Wildman–Crippen MR) is 286 cm³/mol. The molecule has 0 unspecified atom stereocenters. The normalized spacial score (nSPS) is 23.6. The average Bonchev–Trinajstić information content (AvgIpc) is 3.39. The Kier molecular flexibility index (Phi) is 25.8. The highest BCUT2D eigenvalue weighted by molar-refractivity contribution is 6.01. The summed E-state index contributed by atoms with van der Waals surface area (Å²) in [6, 6.07) is 5.36. The molecule has 416 valence electrons. The molecule has 2 saturated heterocycles. The molecule has 0 spiro atoms. The number of esters is 2. The number of nitrogens with zero attached hydrogens (tertiary/aromatic N) is 4. The van der Waals surface area contributed by atoms with Crippen molar-refractivity contribution < 1.29 is 67.5 Å². The van der Waals surface area contributed by atoms with Crippen LogP contribution in [0.15, 0.2) is 83.2 Å². The van der Waals surface area contributed by atoms with Crippen molar-refractivity contribution in [2.75, 3.05) is 66.2 Å². The second-order valence-electron chi connectivity index (χ2n) is 18.8. The van der Waals surface area contributed by atoms with Gasteiger partial charge in [0.1, 0.15) is 46.3 Å². The number of likely N-dealkylation sites (tertiary alicyclic amines) is 2. The summed E-state index contributed by atoms with van der Waals surface area (Å²) < 4.78 is 33.7. The van der Waals surface area contributed by atoms with Crippen molar-refractivity contribution in [3.63, 3.8) is 0 Å². The van der Waals surface area contributed by atoms with Gasteiger partial charge in [0.15, 0.2) is 26.8 Å². The van der Waals surface area contributed by atoms with Crippen molar-refractivity contribution in [2.45, 2.75) is 129 Å². The summed E-state index contributed by atoms with van der Waals surface area (Å²) in [4.78, 5) is 65.9. The van der Waals surface area contributed by atoms with E-state index in [0.29, 0.717) is 67.2 Å². The molecular weight excluding hydrogens is 981 g/mol. The Labute approximate surface area is 446 Å². The molecule has 0 radical (unpaired) electrons. The third-order valence-electron chi connectivity index (χ3n) is 12.4. The van der Waals surface area contributed by atoms with Crippen LogP contribution >= 0.6 is 0 Å². The molecule has 2 aromatic carbocycles. The van der Waals surface area contributed by atoms with Crippen molar-refractivity contribution in [2.24, 2.45) is 21.8 Å². The van der Waals surface area contributed by atoms with E-state index < -0.39 is 24.1 Å². The zero-order valence-electron chi connectivity index (χ0n) is 44.5. The van der Waals surface area contributed by atoms with Gasteiger partial charge in [-0.05, 0) is 114 Å². The maximum Gasteiger partial charge on any atom is 0.342 e. The number of hydrogen-bond acceptors (Lipinski definition) is 18. The maximum atomic E-state index is 13.6. The van der Waals surface area contributed by atoms with Gasteiger partial charge in [-0.1, -0.05) is 46.8 Å². The van der Waals surface area contributed by atoms with Crippen LogP contribution in [0.25, 0.3) is 0 Å². The van der Waals surface area contributed by atoms with Gasteiger partial charge in [-0.3, -0.25) is 9.59 Å². The molecule has 4 heterocycles. The van der Waals surface area contributed by atoms with E-state index in [0.717, 1.165) is 70.8 Å². The molecule has 4 atom stereocenters. The third-order valence-corrected chi connectivity index (χ3v) is 12.4. The maximum absolute atomic E-state index is 13.6. The van der Waals surface area contributed by atoms with Crippen molar-refractivity contribution in [1.82, 2.24) is 9.80 Å². The van der Waals surface area contributed by atoms with E-state index in [1.54, 1.807) is 41.0 Å². The van der Waals surface area contributed by atoms with Crippen molar-refractivity contribution in [3.8, 4) is 23.0 Å². The Bertz CT molecular complexity index is 2390. The number of piperidine rings is 2. The van der Waals surface area contributed by atoms with Gasteiger partial charge >= 0.3 is 11.9 Å². The molecule has 2 fully saturated rings. The molecular formula is C56H78N6O14. The Hall–Kier alpha value is -6.74. The van der Waals surface area contributed by atoms with E-state index in [9.17, 15) is 29.4 Å². The smallest absolute Gasteiger partial charge is 0.342 e. The summed E-state index contributed by atoms with van der Waals surface area (Å²) in [7, 11) is 0. The fourth-order valence-electron chi connectivity index (χ4n) is 8.43. The number of ether oxygens (including phenoxy) is 6. The third kappa shape index (κ3) is 20.8. The standard InChI is InChI=1S/C31H45N3O8.C25H33N3O6/c1-4-37-21-39-27-18-24-17-26(33-41-20-29(35)34-15-7-6-8-16-34)14-10-13-25(32)12-9-11-23(3)42-31(36)30(24)28(19-27)40-22-38-5-2;1-17-7-5-8-19(26)9-6-10-20(27-33-16-23(31)28-11-3-2-4-12-28)13-18-14-21(29)15-22(30)24(18)25(32)34-17/h9-10,12,14,18-19,23,25H,4-8,11,13,15-17,20-22,32H2,1-3H3;5-6,8,10,14-15,17,19,29-30H,2-4,7,9,11-13,16,26H2,1H3/b12-9+,14-10+,33-26?;8-5+,10-6+,27-20?/t23-,25-;17-,19+/m11/s1. The SMILES string of the molecule is CCOCOc1cc2c(c(OCOCC)c1)C(=O)O[C@H](C)C/C=C/[C@@H](N)C/C=C/C(=NOCC(=O)N1CCCCC1)C2.C[C@@H]1C/C=C/[C@H](N)C/C=C/C(=NOCC(=O)N2CCCCC2)Cc2cc(O)cc(O)c2C(=O)O1. The van der Waals surface area contributed by atoms with Gasteiger partial charge in [0.2, 0.25) is 0 Å². The Morgan fingerprint density at radius 1 is 0.632 bits per heavy atom. The molecule has 2 amide bonds. The van der Waals surface area contributed by atoms with Crippen molar-refractivity contribution in [1.29, 1.82) is 0 Å². The number of carbonyl (C=O) groups is 4. The first-order valence-corrected chi connectivity index (χ1v) is 26.4. The monoisotopic (exact) mass is 1060 g/mol. The van der Waals surface area contributed by atoms with Crippen LogP contribution in [0.3, 0.4) is 0 Å². The van der Waals surface area contributed by atoms with Crippen LogP contribution in [0.5, 0.6) is 23.0 Å². The quantitative estimate of drug-likeness (QED) is 0.0491.